The highest BCUT2D eigenvalue weighted by Crippen LogP contribution is 2.15. The van der Waals surface area contributed by atoms with Gasteiger partial charge in [0.2, 0.25) is 5.91 Å². The Kier molecular flexibility index (Phi) is 5.91. The summed E-state index contributed by atoms with van der Waals surface area (Å²) in [6.45, 7) is 9.63. The minimum atomic E-state index is 0.0348. The fourth-order valence-corrected chi connectivity index (χ4v) is 3.38. The largest absolute Gasteiger partial charge is 0.355 e. The molecule has 2 heterocycles. The summed E-state index contributed by atoms with van der Waals surface area (Å²) < 4.78 is 1.88. The monoisotopic (exact) mass is 369 g/mol. The molecule has 2 amide bonds. The molecule has 0 unspecified atom stereocenters. The minimum Gasteiger partial charge on any atom is -0.355 e. The van der Waals surface area contributed by atoms with E-state index in [9.17, 15) is 9.59 Å². The van der Waals surface area contributed by atoms with Crippen LogP contribution in [0.1, 0.15) is 28.7 Å². The quantitative estimate of drug-likeness (QED) is 0.865. The van der Waals surface area contributed by atoms with Gasteiger partial charge in [-0.3, -0.25) is 14.5 Å². The number of nitrogens with one attached hydrogen (secondary N) is 1. The van der Waals surface area contributed by atoms with Crippen LogP contribution in [0.25, 0.3) is 5.69 Å². The summed E-state index contributed by atoms with van der Waals surface area (Å²) in [6.07, 6.45) is 0. The number of nitrogens with zero attached hydrogens (tertiary/aromatic N) is 4. The van der Waals surface area contributed by atoms with E-state index < -0.39 is 0 Å². The van der Waals surface area contributed by atoms with Crippen molar-refractivity contribution in [2.75, 3.05) is 39.3 Å². The van der Waals surface area contributed by atoms with E-state index in [4.69, 9.17) is 0 Å². The van der Waals surface area contributed by atoms with Crippen LogP contribution >= 0.6 is 0 Å². The van der Waals surface area contributed by atoms with Crippen molar-refractivity contribution < 1.29 is 9.59 Å². The molecular formula is C20H27N5O2. The second-order valence-electron chi connectivity index (χ2n) is 6.91. The maximum Gasteiger partial charge on any atom is 0.253 e. The van der Waals surface area contributed by atoms with Crippen LogP contribution in [0.4, 0.5) is 0 Å². The summed E-state index contributed by atoms with van der Waals surface area (Å²) >= 11 is 0. The van der Waals surface area contributed by atoms with Crippen LogP contribution in [-0.2, 0) is 4.79 Å². The molecule has 2 aromatic rings. The third kappa shape index (κ3) is 4.54. The molecule has 7 nitrogen and oxygen atoms in total. The fraction of sp³-hybridized carbons (Fsp3) is 0.450. The van der Waals surface area contributed by atoms with Gasteiger partial charge in [0, 0.05) is 44.0 Å². The van der Waals surface area contributed by atoms with Crippen LogP contribution in [0.2, 0.25) is 0 Å². The van der Waals surface area contributed by atoms with Crippen LogP contribution < -0.4 is 5.32 Å². The number of carbonyl (C=O) groups is 2. The van der Waals surface area contributed by atoms with Gasteiger partial charge in [-0.25, -0.2) is 4.68 Å². The van der Waals surface area contributed by atoms with Crippen molar-refractivity contribution in [3.63, 3.8) is 0 Å². The Labute approximate surface area is 159 Å². The van der Waals surface area contributed by atoms with Crippen LogP contribution in [0.5, 0.6) is 0 Å². The summed E-state index contributed by atoms with van der Waals surface area (Å²) in [7, 11) is 0. The molecule has 0 atom stereocenters. The molecule has 0 aliphatic carbocycles. The summed E-state index contributed by atoms with van der Waals surface area (Å²) in [5.74, 6) is 0.0737. The van der Waals surface area contributed by atoms with Crippen LogP contribution in [0.3, 0.4) is 0 Å². The molecule has 1 saturated heterocycles. The van der Waals surface area contributed by atoms with E-state index in [0.29, 0.717) is 44.8 Å². The third-order valence-electron chi connectivity index (χ3n) is 4.77. The molecule has 1 aromatic carbocycles. The number of likely N-dealkylation sites (N-methyl/N-ethyl adjacent to an activating group) is 1. The zero-order valence-electron chi connectivity index (χ0n) is 16.2. The summed E-state index contributed by atoms with van der Waals surface area (Å²) in [6, 6.07) is 9.60. The SMILES string of the molecule is CCNC(=O)CN1CCN(C(=O)c2ccc(-n3nc(C)cc3C)cc2)CC1. The molecule has 1 aliphatic rings. The molecule has 1 aliphatic heterocycles. The first-order valence-electron chi connectivity index (χ1n) is 9.40. The Balaban J connectivity index is 1.59. The van der Waals surface area contributed by atoms with Gasteiger partial charge in [0.05, 0.1) is 17.9 Å². The number of aromatic nitrogens is 2. The lowest BCUT2D eigenvalue weighted by atomic mass is 10.1. The van der Waals surface area contributed by atoms with Gasteiger partial charge in [-0.05, 0) is 51.1 Å². The van der Waals surface area contributed by atoms with E-state index in [-0.39, 0.29) is 11.8 Å². The van der Waals surface area contributed by atoms with Gasteiger partial charge < -0.3 is 10.2 Å². The third-order valence-corrected chi connectivity index (χ3v) is 4.77. The van der Waals surface area contributed by atoms with E-state index >= 15 is 0 Å². The topological polar surface area (TPSA) is 70.5 Å². The number of piperazine rings is 1. The Morgan fingerprint density at radius 1 is 1.07 bits per heavy atom. The number of carbonyl (C=O) groups excluding carboxylic acids is 2. The lowest BCUT2D eigenvalue weighted by molar-refractivity contribution is -0.122. The minimum absolute atomic E-state index is 0.0348. The van der Waals surface area contributed by atoms with Gasteiger partial charge in [-0.1, -0.05) is 0 Å². The normalized spacial score (nSPS) is 15.0. The first kappa shape index (κ1) is 19.1. The Morgan fingerprint density at radius 2 is 1.74 bits per heavy atom. The van der Waals surface area contributed by atoms with Gasteiger partial charge in [-0.15, -0.1) is 0 Å². The molecule has 0 saturated carbocycles. The number of hydrogen-bond donors (Lipinski definition) is 1. The molecule has 1 aromatic heterocycles. The predicted octanol–water partition coefficient (Wildman–Crippen LogP) is 1.38. The van der Waals surface area contributed by atoms with Crippen molar-refractivity contribution in [1.82, 2.24) is 24.9 Å². The zero-order valence-corrected chi connectivity index (χ0v) is 16.2. The molecule has 1 N–H and O–H groups in total. The number of amides is 2. The first-order valence-corrected chi connectivity index (χ1v) is 9.40. The molecule has 1 fully saturated rings. The van der Waals surface area contributed by atoms with E-state index in [1.165, 1.54) is 0 Å². The van der Waals surface area contributed by atoms with Crippen LogP contribution in [0.15, 0.2) is 30.3 Å². The van der Waals surface area contributed by atoms with Crippen molar-refractivity contribution in [2.24, 2.45) is 0 Å². The lowest BCUT2D eigenvalue weighted by Crippen LogP contribution is -2.51. The zero-order chi connectivity index (χ0) is 19.4. The molecule has 0 spiro atoms. The number of benzene rings is 1. The molecule has 0 radical (unpaired) electrons. The van der Waals surface area contributed by atoms with Gasteiger partial charge in [0.25, 0.3) is 5.91 Å². The Morgan fingerprint density at radius 3 is 2.30 bits per heavy atom. The number of rotatable bonds is 5. The van der Waals surface area contributed by atoms with Crippen molar-refractivity contribution >= 4 is 11.8 Å². The highest BCUT2D eigenvalue weighted by Gasteiger charge is 2.23. The highest BCUT2D eigenvalue weighted by atomic mass is 16.2. The van der Waals surface area contributed by atoms with Crippen LogP contribution in [-0.4, -0.2) is 70.7 Å². The van der Waals surface area contributed by atoms with E-state index in [0.717, 1.165) is 17.1 Å². The molecule has 3 rings (SSSR count). The summed E-state index contributed by atoms with van der Waals surface area (Å²) in [5.41, 5.74) is 3.66. The molecule has 7 heteroatoms. The molecule has 0 bridgehead atoms. The second-order valence-corrected chi connectivity index (χ2v) is 6.91. The average molecular weight is 369 g/mol. The summed E-state index contributed by atoms with van der Waals surface area (Å²) in [4.78, 5) is 28.4. The first-order chi connectivity index (χ1) is 13.0. The maximum atomic E-state index is 12.8. The standard InChI is InChI=1S/C20H27N5O2/c1-4-21-19(26)14-23-9-11-24(12-10-23)20(27)17-5-7-18(8-6-17)25-16(3)13-15(2)22-25/h5-8,13H,4,9-12,14H2,1-3H3,(H,21,26). The maximum absolute atomic E-state index is 12.8. The molecule has 144 valence electrons. The van der Waals surface area contributed by atoms with Gasteiger partial charge >= 0.3 is 0 Å². The molecule has 27 heavy (non-hydrogen) atoms. The van der Waals surface area contributed by atoms with Crippen molar-refractivity contribution in [2.45, 2.75) is 20.8 Å². The second kappa shape index (κ2) is 8.35. The number of aryl methyl sites for hydroxylation is 2. The van der Waals surface area contributed by atoms with Crippen molar-refractivity contribution in [3.8, 4) is 5.69 Å². The van der Waals surface area contributed by atoms with Gasteiger partial charge in [-0.2, -0.15) is 5.10 Å². The highest BCUT2D eigenvalue weighted by molar-refractivity contribution is 5.94. The van der Waals surface area contributed by atoms with Crippen molar-refractivity contribution in [1.29, 1.82) is 0 Å². The summed E-state index contributed by atoms with van der Waals surface area (Å²) in [5, 5.41) is 7.28. The van der Waals surface area contributed by atoms with Crippen LogP contribution in [0, 0.1) is 13.8 Å². The van der Waals surface area contributed by atoms with Crippen molar-refractivity contribution in [3.05, 3.63) is 47.3 Å². The van der Waals surface area contributed by atoms with Gasteiger partial charge in [0.1, 0.15) is 0 Å². The molecular weight excluding hydrogens is 342 g/mol. The smallest absolute Gasteiger partial charge is 0.253 e. The van der Waals surface area contributed by atoms with E-state index in [1.54, 1.807) is 0 Å². The van der Waals surface area contributed by atoms with E-state index in [2.05, 4.69) is 15.3 Å². The van der Waals surface area contributed by atoms with Gasteiger partial charge in [0.15, 0.2) is 0 Å². The Bertz CT molecular complexity index is 804. The fourth-order valence-electron chi connectivity index (χ4n) is 3.38. The average Bonchev–Trinajstić information content (AvgIpc) is 3.00. The van der Waals surface area contributed by atoms with E-state index in [1.807, 2.05) is 60.7 Å². The Hall–Kier alpha value is -2.67. The predicted molar refractivity (Wildman–Crippen MR) is 104 cm³/mol. The number of hydrogen-bond acceptors (Lipinski definition) is 4. The lowest BCUT2D eigenvalue weighted by Gasteiger charge is -2.34.